The van der Waals surface area contributed by atoms with Gasteiger partial charge in [-0.15, -0.1) is 0 Å². The largest absolute Gasteiger partial charge is 0.394 e. The molecule has 0 aliphatic rings. The quantitative estimate of drug-likeness (QED) is 0.297. The standard InChI is InChI=1S/C19H38O2/c1-2-3-4-5-6-7-8-9-10-11-12-13-14-15-16-17-19(21)18-20/h9-10,19-21H,2-8,11-18H2,1H3/b10-9+. The van der Waals surface area contributed by atoms with Crippen molar-refractivity contribution < 1.29 is 10.2 Å². The van der Waals surface area contributed by atoms with Crippen molar-refractivity contribution in [2.45, 2.75) is 103 Å². The second-order valence-electron chi connectivity index (χ2n) is 6.21. The molecule has 1 unspecified atom stereocenters. The second kappa shape index (κ2) is 17.7. The van der Waals surface area contributed by atoms with E-state index in [-0.39, 0.29) is 6.61 Å². The average Bonchev–Trinajstić information content (AvgIpc) is 2.50. The lowest BCUT2D eigenvalue weighted by Gasteiger charge is -2.05. The summed E-state index contributed by atoms with van der Waals surface area (Å²) in [5.41, 5.74) is 0. The van der Waals surface area contributed by atoms with Crippen molar-refractivity contribution in [3.63, 3.8) is 0 Å². The Bertz CT molecular complexity index is 214. The summed E-state index contributed by atoms with van der Waals surface area (Å²) >= 11 is 0. The molecule has 0 radical (unpaired) electrons. The molecule has 0 aromatic rings. The molecule has 0 aromatic carbocycles. The fourth-order valence-corrected chi connectivity index (χ4v) is 2.54. The van der Waals surface area contributed by atoms with E-state index in [1.807, 2.05) is 0 Å². The van der Waals surface area contributed by atoms with Crippen LogP contribution >= 0.6 is 0 Å². The Labute approximate surface area is 132 Å². The van der Waals surface area contributed by atoms with E-state index >= 15 is 0 Å². The lowest BCUT2D eigenvalue weighted by atomic mass is 10.1. The summed E-state index contributed by atoms with van der Waals surface area (Å²) in [5.74, 6) is 0. The van der Waals surface area contributed by atoms with Crippen LogP contribution in [0, 0.1) is 0 Å². The highest BCUT2D eigenvalue weighted by Gasteiger charge is 2.00. The number of rotatable bonds is 16. The zero-order valence-corrected chi connectivity index (χ0v) is 14.2. The topological polar surface area (TPSA) is 40.5 Å². The predicted octanol–water partition coefficient (Wildman–Crippen LogP) is 5.38. The summed E-state index contributed by atoms with van der Waals surface area (Å²) < 4.78 is 0. The van der Waals surface area contributed by atoms with Crippen molar-refractivity contribution in [3.8, 4) is 0 Å². The van der Waals surface area contributed by atoms with E-state index in [2.05, 4.69) is 19.1 Å². The van der Waals surface area contributed by atoms with Gasteiger partial charge in [0.2, 0.25) is 0 Å². The van der Waals surface area contributed by atoms with Crippen LogP contribution in [-0.2, 0) is 0 Å². The summed E-state index contributed by atoms with van der Waals surface area (Å²) in [5, 5.41) is 17.9. The molecule has 0 fully saturated rings. The Kier molecular flexibility index (Phi) is 17.4. The van der Waals surface area contributed by atoms with Crippen LogP contribution in [0.25, 0.3) is 0 Å². The molecule has 2 heteroatoms. The number of unbranched alkanes of at least 4 members (excludes halogenated alkanes) is 11. The number of aliphatic hydroxyl groups excluding tert-OH is 2. The third-order valence-electron chi connectivity index (χ3n) is 4.01. The Morgan fingerprint density at radius 1 is 0.714 bits per heavy atom. The maximum absolute atomic E-state index is 9.20. The summed E-state index contributed by atoms with van der Waals surface area (Å²) in [6.45, 7) is 2.17. The maximum Gasteiger partial charge on any atom is 0.0770 e. The fourth-order valence-electron chi connectivity index (χ4n) is 2.54. The van der Waals surface area contributed by atoms with E-state index in [9.17, 15) is 5.11 Å². The molecule has 0 spiro atoms. The third kappa shape index (κ3) is 17.6. The van der Waals surface area contributed by atoms with Crippen molar-refractivity contribution >= 4 is 0 Å². The number of allylic oxidation sites excluding steroid dienone is 2. The summed E-state index contributed by atoms with van der Waals surface area (Å²) in [4.78, 5) is 0. The molecule has 0 rings (SSSR count). The van der Waals surface area contributed by atoms with E-state index in [4.69, 9.17) is 5.11 Å². The Morgan fingerprint density at radius 2 is 1.19 bits per heavy atom. The first-order valence-corrected chi connectivity index (χ1v) is 9.25. The van der Waals surface area contributed by atoms with Crippen molar-refractivity contribution in [3.05, 3.63) is 12.2 Å². The minimum absolute atomic E-state index is 0.0939. The summed E-state index contributed by atoms with van der Waals surface area (Å²) in [6, 6.07) is 0. The van der Waals surface area contributed by atoms with Gasteiger partial charge in [-0.25, -0.2) is 0 Å². The fraction of sp³-hybridized carbons (Fsp3) is 0.895. The first kappa shape index (κ1) is 20.7. The van der Waals surface area contributed by atoms with Gasteiger partial charge in [0.1, 0.15) is 0 Å². The minimum atomic E-state index is -0.505. The van der Waals surface area contributed by atoms with Crippen molar-refractivity contribution in [2.75, 3.05) is 6.61 Å². The van der Waals surface area contributed by atoms with Gasteiger partial charge in [0, 0.05) is 0 Å². The van der Waals surface area contributed by atoms with Gasteiger partial charge in [0.15, 0.2) is 0 Å². The average molecular weight is 299 g/mol. The molecule has 0 aliphatic heterocycles. The summed E-state index contributed by atoms with van der Waals surface area (Å²) in [6.07, 6.45) is 21.8. The van der Waals surface area contributed by atoms with Gasteiger partial charge < -0.3 is 10.2 Å². The number of aliphatic hydroxyl groups is 2. The molecule has 2 N–H and O–H groups in total. The number of hydrogen-bond acceptors (Lipinski definition) is 2. The molecule has 0 heterocycles. The van der Waals surface area contributed by atoms with Gasteiger partial charge in [-0.2, -0.15) is 0 Å². The van der Waals surface area contributed by atoms with Crippen molar-refractivity contribution in [1.82, 2.24) is 0 Å². The molecule has 0 saturated heterocycles. The van der Waals surface area contributed by atoms with E-state index in [0.717, 1.165) is 12.8 Å². The normalized spacial score (nSPS) is 13.1. The van der Waals surface area contributed by atoms with E-state index in [1.165, 1.54) is 77.0 Å². The van der Waals surface area contributed by atoms with Crippen molar-refractivity contribution in [1.29, 1.82) is 0 Å². The molecule has 126 valence electrons. The van der Waals surface area contributed by atoms with E-state index < -0.39 is 6.10 Å². The molecular weight excluding hydrogens is 260 g/mol. The Hall–Kier alpha value is -0.340. The zero-order valence-electron chi connectivity index (χ0n) is 14.2. The Balaban J connectivity index is 3.08. The van der Waals surface area contributed by atoms with Crippen LogP contribution in [0.5, 0.6) is 0 Å². The monoisotopic (exact) mass is 298 g/mol. The highest BCUT2D eigenvalue weighted by Crippen LogP contribution is 2.10. The van der Waals surface area contributed by atoms with Gasteiger partial charge >= 0.3 is 0 Å². The SMILES string of the molecule is CCCCCCCC/C=C/CCCCCCCC(O)CO. The third-order valence-corrected chi connectivity index (χ3v) is 4.01. The van der Waals surface area contributed by atoms with Crippen LogP contribution in [-0.4, -0.2) is 22.9 Å². The van der Waals surface area contributed by atoms with E-state index in [1.54, 1.807) is 0 Å². The molecule has 0 aliphatic carbocycles. The first-order chi connectivity index (χ1) is 10.3. The van der Waals surface area contributed by atoms with Crippen LogP contribution in [0.4, 0.5) is 0 Å². The minimum Gasteiger partial charge on any atom is -0.394 e. The zero-order chi connectivity index (χ0) is 15.6. The molecule has 1 atom stereocenters. The van der Waals surface area contributed by atoms with Crippen LogP contribution in [0.15, 0.2) is 12.2 Å². The molecule has 0 amide bonds. The molecular formula is C19H38O2. The summed E-state index contributed by atoms with van der Waals surface area (Å²) in [7, 11) is 0. The van der Waals surface area contributed by atoms with Crippen LogP contribution < -0.4 is 0 Å². The van der Waals surface area contributed by atoms with Gasteiger partial charge in [0.25, 0.3) is 0 Å². The van der Waals surface area contributed by atoms with Gasteiger partial charge in [0.05, 0.1) is 12.7 Å². The maximum atomic E-state index is 9.20. The molecule has 0 aromatic heterocycles. The van der Waals surface area contributed by atoms with Crippen LogP contribution in [0.3, 0.4) is 0 Å². The van der Waals surface area contributed by atoms with Gasteiger partial charge in [-0.3, -0.25) is 0 Å². The second-order valence-corrected chi connectivity index (χ2v) is 6.21. The Morgan fingerprint density at radius 3 is 1.71 bits per heavy atom. The molecule has 21 heavy (non-hydrogen) atoms. The smallest absolute Gasteiger partial charge is 0.0770 e. The first-order valence-electron chi connectivity index (χ1n) is 9.25. The highest BCUT2D eigenvalue weighted by molar-refractivity contribution is 4.81. The molecule has 0 saturated carbocycles. The lowest BCUT2D eigenvalue weighted by molar-refractivity contribution is 0.0860. The van der Waals surface area contributed by atoms with Crippen LogP contribution in [0.1, 0.15) is 96.8 Å². The van der Waals surface area contributed by atoms with Crippen LogP contribution in [0.2, 0.25) is 0 Å². The van der Waals surface area contributed by atoms with E-state index in [0.29, 0.717) is 0 Å². The molecule has 2 nitrogen and oxygen atoms in total. The number of hydrogen-bond donors (Lipinski definition) is 2. The van der Waals surface area contributed by atoms with Crippen molar-refractivity contribution in [2.24, 2.45) is 0 Å². The predicted molar refractivity (Wildman–Crippen MR) is 92.5 cm³/mol. The van der Waals surface area contributed by atoms with Gasteiger partial charge in [-0.1, -0.05) is 76.9 Å². The highest BCUT2D eigenvalue weighted by atomic mass is 16.3. The lowest BCUT2D eigenvalue weighted by Crippen LogP contribution is -2.10. The van der Waals surface area contributed by atoms with Gasteiger partial charge in [-0.05, 0) is 32.1 Å². The molecule has 0 bridgehead atoms.